The molecule has 1 N–H and O–H groups in total. The topological polar surface area (TPSA) is 97.8 Å². The van der Waals surface area contributed by atoms with E-state index in [0.717, 1.165) is 38.9 Å². The molecular weight excluding hydrogens is 524 g/mol. The van der Waals surface area contributed by atoms with Crippen LogP contribution in [-0.4, -0.2) is 79.7 Å². The Hall–Kier alpha value is -3.72. The van der Waals surface area contributed by atoms with E-state index in [1.54, 1.807) is 42.3 Å². The normalized spacial score (nSPS) is 17.8. The monoisotopic (exact) mass is 566 g/mol. The number of rotatable bonds is 14. The fraction of sp³-hybridized carbons (Fsp3) is 0.500. The Kier molecular flexibility index (Phi) is 10.5. The fourth-order valence-electron chi connectivity index (χ4n) is 5.32. The number of carbonyl (C=O) groups excluding carboxylic acids is 2. The van der Waals surface area contributed by atoms with Crippen LogP contribution in [0.3, 0.4) is 0 Å². The summed E-state index contributed by atoms with van der Waals surface area (Å²) in [4.78, 5) is 30.8. The summed E-state index contributed by atoms with van der Waals surface area (Å²) in [5, 5.41) is 11.5. The highest BCUT2D eigenvalue weighted by Gasteiger charge is 2.46. The summed E-state index contributed by atoms with van der Waals surface area (Å²) in [6, 6.07) is 9.66. The van der Waals surface area contributed by atoms with Gasteiger partial charge in [0.1, 0.15) is 19.0 Å². The number of methoxy groups -OCH3 is 1. The molecule has 2 aliphatic rings. The van der Waals surface area contributed by atoms with Gasteiger partial charge in [-0.1, -0.05) is 39.7 Å². The number of likely N-dealkylation sites (tertiary alicyclic amines) is 1. The predicted octanol–water partition coefficient (Wildman–Crippen LogP) is 5.19. The van der Waals surface area contributed by atoms with E-state index in [1.807, 2.05) is 6.07 Å². The number of carbonyl (C=O) groups is 2. The molecule has 1 amide bonds. The lowest BCUT2D eigenvalue weighted by atomic mass is 9.94. The third kappa shape index (κ3) is 6.78. The van der Waals surface area contributed by atoms with E-state index in [-0.39, 0.29) is 11.3 Å². The Labute approximate surface area is 242 Å². The highest BCUT2D eigenvalue weighted by molar-refractivity contribution is 6.46. The molecule has 222 valence electrons. The number of hydrogen-bond donors (Lipinski definition) is 1. The molecule has 0 radical (unpaired) electrons. The number of Topliss-reactive ketones (excluding diaryl/α,β-unsaturated/α-hetero) is 1. The van der Waals surface area contributed by atoms with Crippen LogP contribution in [-0.2, 0) is 9.59 Å². The second kappa shape index (κ2) is 14.3. The quantitative estimate of drug-likeness (QED) is 0.144. The maximum Gasteiger partial charge on any atom is 0.295 e. The van der Waals surface area contributed by atoms with Gasteiger partial charge in [0.15, 0.2) is 23.0 Å². The van der Waals surface area contributed by atoms with E-state index in [9.17, 15) is 14.7 Å². The number of nitrogens with zero attached hydrogens (tertiary/aromatic N) is 2. The molecule has 0 unspecified atom stereocenters. The Balaban J connectivity index is 1.73. The van der Waals surface area contributed by atoms with Gasteiger partial charge in [-0.25, -0.2) is 0 Å². The van der Waals surface area contributed by atoms with Crippen molar-refractivity contribution in [2.75, 3.05) is 53.1 Å². The second-order valence-electron chi connectivity index (χ2n) is 10.2. The number of benzene rings is 2. The molecule has 9 nitrogen and oxygen atoms in total. The molecule has 2 heterocycles. The molecule has 0 aromatic heterocycles. The van der Waals surface area contributed by atoms with Gasteiger partial charge in [-0.15, -0.1) is 0 Å². The zero-order valence-electron chi connectivity index (χ0n) is 24.6. The maximum atomic E-state index is 13.5. The average Bonchev–Trinajstić information content (AvgIpc) is 3.25. The fourth-order valence-corrected chi connectivity index (χ4v) is 5.32. The van der Waals surface area contributed by atoms with Crippen LogP contribution >= 0.6 is 0 Å². The second-order valence-corrected chi connectivity index (χ2v) is 10.2. The summed E-state index contributed by atoms with van der Waals surface area (Å²) in [6.07, 6.45) is 3.78. The van der Waals surface area contributed by atoms with Gasteiger partial charge in [0.2, 0.25) is 0 Å². The number of aliphatic hydroxyl groups excluding tert-OH is 1. The summed E-state index contributed by atoms with van der Waals surface area (Å²) in [6.45, 7) is 10.7. The van der Waals surface area contributed by atoms with E-state index in [0.29, 0.717) is 66.9 Å². The molecule has 2 aromatic carbocycles. The van der Waals surface area contributed by atoms with Gasteiger partial charge in [-0.2, -0.15) is 0 Å². The van der Waals surface area contributed by atoms with Gasteiger partial charge in [0, 0.05) is 12.1 Å². The summed E-state index contributed by atoms with van der Waals surface area (Å²) >= 11 is 0. The summed E-state index contributed by atoms with van der Waals surface area (Å²) in [5.41, 5.74) is 1.07. The molecule has 0 aliphatic carbocycles. The molecule has 1 saturated heterocycles. The first-order valence-electron chi connectivity index (χ1n) is 14.6. The van der Waals surface area contributed by atoms with Crippen LogP contribution < -0.4 is 18.9 Å². The zero-order chi connectivity index (χ0) is 29.4. The molecular formula is C32H42N2O7. The number of ketones is 1. The molecule has 9 heteroatoms. The lowest BCUT2D eigenvalue weighted by Crippen LogP contribution is -2.33. The van der Waals surface area contributed by atoms with Crippen molar-refractivity contribution in [2.45, 2.75) is 52.5 Å². The molecule has 0 bridgehead atoms. The van der Waals surface area contributed by atoms with Gasteiger partial charge in [-0.3, -0.25) is 9.59 Å². The first-order chi connectivity index (χ1) is 19.9. The Morgan fingerprint density at radius 3 is 2.44 bits per heavy atom. The van der Waals surface area contributed by atoms with Crippen molar-refractivity contribution in [1.29, 1.82) is 0 Å². The SMILES string of the molecule is CCCCCOc1ccc([C@@H]2C(=C(O)c3ccc4c(c3)OCCO4)C(=O)C(=O)N2CCCN(CC)CC)cc1OC. The van der Waals surface area contributed by atoms with Gasteiger partial charge >= 0.3 is 0 Å². The van der Waals surface area contributed by atoms with Crippen molar-refractivity contribution in [1.82, 2.24) is 9.80 Å². The lowest BCUT2D eigenvalue weighted by molar-refractivity contribution is -0.140. The largest absolute Gasteiger partial charge is 0.507 e. The summed E-state index contributed by atoms with van der Waals surface area (Å²) in [7, 11) is 1.56. The van der Waals surface area contributed by atoms with Crippen molar-refractivity contribution >= 4 is 17.4 Å². The van der Waals surface area contributed by atoms with E-state index in [4.69, 9.17) is 18.9 Å². The van der Waals surface area contributed by atoms with Crippen molar-refractivity contribution in [3.63, 3.8) is 0 Å². The average molecular weight is 567 g/mol. The predicted molar refractivity (Wildman–Crippen MR) is 157 cm³/mol. The van der Waals surface area contributed by atoms with Crippen LogP contribution in [0.4, 0.5) is 0 Å². The third-order valence-electron chi connectivity index (χ3n) is 7.63. The standard InChI is InChI=1S/C32H42N2O7/c1-5-8-9-17-39-24-13-11-22(20-26(24)38-4)29-28(30(35)23-12-14-25-27(21-23)41-19-18-40-25)31(36)32(37)34(29)16-10-15-33(6-2)7-3/h11-14,20-21,29,35H,5-10,15-19H2,1-4H3/t29-/m1/s1. The van der Waals surface area contributed by atoms with Crippen LogP contribution in [0.1, 0.15) is 63.6 Å². The first kappa shape index (κ1) is 30.2. The molecule has 4 rings (SSSR count). The van der Waals surface area contributed by atoms with E-state index in [2.05, 4.69) is 25.7 Å². The van der Waals surface area contributed by atoms with Crippen molar-refractivity contribution in [3.8, 4) is 23.0 Å². The molecule has 41 heavy (non-hydrogen) atoms. The Morgan fingerprint density at radius 2 is 1.73 bits per heavy atom. The highest BCUT2D eigenvalue weighted by Crippen LogP contribution is 2.43. The van der Waals surface area contributed by atoms with Gasteiger partial charge in [0.25, 0.3) is 11.7 Å². The lowest BCUT2D eigenvalue weighted by Gasteiger charge is -2.27. The van der Waals surface area contributed by atoms with Crippen molar-refractivity contribution in [2.24, 2.45) is 0 Å². The summed E-state index contributed by atoms with van der Waals surface area (Å²) in [5.74, 6) is 0.550. The highest BCUT2D eigenvalue weighted by atomic mass is 16.6. The first-order valence-corrected chi connectivity index (χ1v) is 14.6. The van der Waals surface area contributed by atoms with E-state index in [1.165, 1.54) is 0 Å². The van der Waals surface area contributed by atoms with Crippen LogP contribution in [0.5, 0.6) is 23.0 Å². The van der Waals surface area contributed by atoms with Gasteiger partial charge in [0.05, 0.1) is 25.3 Å². The molecule has 0 saturated carbocycles. The number of hydrogen-bond acceptors (Lipinski definition) is 8. The molecule has 2 aromatic rings. The van der Waals surface area contributed by atoms with Crippen LogP contribution in [0.25, 0.3) is 5.76 Å². The molecule has 1 atom stereocenters. The van der Waals surface area contributed by atoms with Gasteiger partial charge < -0.3 is 33.9 Å². The maximum absolute atomic E-state index is 13.5. The number of ether oxygens (including phenoxy) is 4. The number of aliphatic hydroxyl groups is 1. The molecule has 0 spiro atoms. The molecule has 2 aliphatic heterocycles. The van der Waals surface area contributed by atoms with E-state index < -0.39 is 17.7 Å². The van der Waals surface area contributed by atoms with Crippen LogP contribution in [0.2, 0.25) is 0 Å². The number of amides is 1. The smallest absolute Gasteiger partial charge is 0.295 e. The molecule has 1 fully saturated rings. The van der Waals surface area contributed by atoms with E-state index >= 15 is 0 Å². The van der Waals surface area contributed by atoms with Crippen LogP contribution in [0, 0.1) is 0 Å². The minimum atomic E-state index is -0.789. The Bertz CT molecular complexity index is 1250. The Morgan fingerprint density at radius 1 is 0.976 bits per heavy atom. The minimum Gasteiger partial charge on any atom is -0.507 e. The zero-order valence-corrected chi connectivity index (χ0v) is 24.6. The van der Waals surface area contributed by atoms with Crippen molar-refractivity contribution < 1.29 is 33.6 Å². The summed E-state index contributed by atoms with van der Waals surface area (Å²) < 4.78 is 22.9. The number of fused-ring (bicyclic) bond motifs is 1. The number of unbranched alkanes of at least 4 members (excludes halogenated alkanes) is 2. The van der Waals surface area contributed by atoms with Crippen LogP contribution in [0.15, 0.2) is 42.0 Å². The van der Waals surface area contributed by atoms with Crippen molar-refractivity contribution in [3.05, 3.63) is 53.1 Å². The third-order valence-corrected chi connectivity index (χ3v) is 7.63. The minimum absolute atomic E-state index is 0.0354. The van der Waals surface area contributed by atoms with Gasteiger partial charge in [-0.05, 0) is 68.4 Å².